The summed E-state index contributed by atoms with van der Waals surface area (Å²) >= 11 is 3.62. The molecule has 0 bridgehead atoms. The van der Waals surface area contributed by atoms with Gasteiger partial charge in [0.15, 0.2) is 0 Å². The Morgan fingerprint density at radius 2 is 1.86 bits per heavy atom. The van der Waals surface area contributed by atoms with Gasteiger partial charge in [0.05, 0.1) is 11.1 Å². The molecule has 21 heavy (non-hydrogen) atoms. The van der Waals surface area contributed by atoms with Crippen molar-refractivity contribution in [1.29, 1.82) is 0 Å². The number of halogens is 1. The van der Waals surface area contributed by atoms with E-state index in [9.17, 15) is 5.11 Å². The molecule has 0 saturated heterocycles. The molecule has 0 spiro atoms. The molecule has 3 aromatic carbocycles. The molecule has 106 valence electrons. The van der Waals surface area contributed by atoms with E-state index in [1.165, 1.54) is 5.39 Å². The van der Waals surface area contributed by atoms with E-state index in [-0.39, 0.29) is 6.61 Å². The molecule has 1 N–H and O–H groups in total. The molecule has 0 radical (unpaired) electrons. The Morgan fingerprint density at radius 3 is 2.62 bits per heavy atom. The van der Waals surface area contributed by atoms with Gasteiger partial charge >= 0.3 is 0 Å². The molecule has 0 aromatic heterocycles. The Labute approximate surface area is 132 Å². The van der Waals surface area contributed by atoms with E-state index < -0.39 is 0 Å². The van der Waals surface area contributed by atoms with Gasteiger partial charge in [-0.1, -0.05) is 36.4 Å². The first-order valence-electron chi connectivity index (χ1n) is 6.74. The Bertz CT molecular complexity index is 796. The van der Waals surface area contributed by atoms with Gasteiger partial charge in [-0.15, -0.1) is 0 Å². The van der Waals surface area contributed by atoms with Crippen LogP contribution in [0.15, 0.2) is 59.1 Å². The average molecular weight is 343 g/mol. The summed E-state index contributed by atoms with van der Waals surface area (Å²) in [7, 11) is 0. The fourth-order valence-electron chi connectivity index (χ4n) is 2.33. The maximum atomic E-state index is 9.21. The van der Waals surface area contributed by atoms with E-state index in [0.29, 0.717) is 0 Å². The summed E-state index contributed by atoms with van der Waals surface area (Å²) < 4.78 is 6.92. The molecule has 0 amide bonds. The molecule has 0 unspecified atom stereocenters. The van der Waals surface area contributed by atoms with Crippen LogP contribution in [0.4, 0.5) is 0 Å². The number of hydrogen-bond donors (Lipinski definition) is 1. The van der Waals surface area contributed by atoms with Crippen molar-refractivity contribution in [3.05, 3.63) is 70.2 Å². The van der Waals surface area contributed by atoms with Crippen LogP contribution in [0, 0.1) is 6.92 Å². The van der Waals surface area contributed by atoms with Crippen LogP contribution in [0.1, 0.15) is 11.1 Å². The minimum Gasteiger partial charge on any atom is -0.456 e. The van der Waals surface area contributed by atoms with Crippen LogP contribution >= 0.6 is 15.9 Å². The van der Waals surface area contributed by atoms with Gasteiger partial charge in [-0.25, -0.2) is 0 Å². The quantitative estimate of drug-likeness (QED) is 0.709. The van der Waals surface area contributed by atoms with E-state index in [1.54, 1.807) is 0 Å². The van der Waals surface area contributed by atoms with E-state index >= 15 is 0 Å². The van der Waals surface area contributed by atoms with Crippen LogP contribution in [0.25, 0.3) is 10.8 Å². The highest BCUT2D eigenvalue weighted by Gasteiger charge is 2.08. The zero-order valence-corrected chi connectivity index (χ0v) is 13.2. The van der Waals surface area contributed by atoms with Crippen molar-refractivity contribution in [3.63, 3.8) is 0 Å². The summed E-state index contributed by atoms with van der Waals surface area (Å²) in [6.07, 6.45) is 0. The molecule has 3 heteroatoms. The molecular weight excluding hydrogens is 328 g/mol. The van der Waals surface area contributed by atoms with Gasteiger partial charge < -0.3 is 9.84 Å². The van der Waals surface area contributed by atoms with E-state index in [0.717, 1.165) is 32.5 Å². The lowest BCUT2D eigenvalue weighted by molar-refractivity contribution is 0.281. The average Bonchev–Trinajstić information content (AvgIpc) is 2.51. The minimum atomic E-state index is 0.0474. The predicted octanol–water partition coefficient (Wildman–Crippen LogP) is 5.20. The number of fused-ring (bicyclic) bond motifs is 1. The van der Waals surface area contributed by atoms with Crippen molar-refractivity contribution in [2.45, 2.75) is 13.5 Å². The fraction of sp³-hybridized carbons (Fsp3) is 0.111. The van der Waals surface area contributed by atoms with Gasteiger partial charge in [-0.3, -0.25) is 0 Å². The normalized spacial score (nSPS) is 10.8. The molecule has 0 aliphatic heterocycles. The summed E-state index contributed by atoms with van der Waals surface area (Å²) in [5, 5.41) is 11.5. The van der Waals surface area contributed by atoms with Gasteiger partial charge in [0.1, 0.15) is 11.5 Å². The third-order valence-electron chi connectivity index (χ3n) is 3.54. The van der Waals surface area contributed by atoms with Crippen molar-refractivity contribution in [3.8, 4) is 11.5 Å². The standard InChI is InChI=1S/C18H15BrO2/c1-12-10-15(8-6-14(12)11-20)21-17-9-7-13-4-2-3-5-16(13)18(17)19/h2-10,20H,11H2,1H3. The molecule has 0 fully saturated rings. The molecule has 0 aliphatic carbocycles. The van der Waals surface area contributed by atoms with Crippen LogP contribution in [-0.4, -0.2) is 5.11 Å². The molecule has 0 aliphatic rings. The molecule has 3 rings (SSSR count). The lowest BCUT2D eigenvalue weighted by atomic mass is 10.1. The van der Waals surface area contributed by atoms with Gasteiger partial charge in [-0.2, -0.15) is 0 Å². The molecule has 3 aromatic rings. The highest BCUT2D eigenvalue weighted by molar-refractivity contribution is 9.10. The maximum absolute atomic E-state index is 9.21. The number of aliphatic hydroxyl groups is 1. The Morgan fingerprint density at radius 1 is 1.05 bits per heavy atom. The van der Waals surface area contributed by atoms with Gasteiger partial charge in [0.25, 0.3) is 0 Å². The predicted molar refractivity (Wildman–Crippen MR) is 88.8 cm³/mol. The van der Waals surface area contributed by atoms with Crippen molar-refractivity contribution < 1.29 is 9.84 Å². The SMILES string of the molecule is Cc1cc(Oc2ccc3ccccc3c2Br)ccc1CO. The van der Waals surface area contributed by atoms with Crippen molar-refractivity contribution in [2.24, 2.45) is 0 Å². The van der Waals surface area contributed by atoms with Gasteiger partial charge in [0, 0.05) is 0 Å². The summed E-state index contributed by atoms with van der Waals surface area (Å²) in [5.41, 5.74) is 1.94. The zero-order valence-electron chi connectivity index (χ0n) is 11.6. The first kappa shape index (κ1) is 14.1. The van der Waals surface area contributed by atoms with Crippen LogP contribution in [0.3, 0.4) is 0 Å². The van der Waals surface area contributed by atoms with E-state index in [2.05, 4.69) is 28.1 Å². The summed E-state index contributed by atoms with van der Waals surface area (Å²) in [4.78, 5) is 0. The molecular formula is C18H15BrO2. The van der Waals surface area contributed by atoms with Crippen LogP contribution in [0.5, 0.6) is 11.5 Å². The van der Waals surface area contributed by atoms with E-state index in [4.69, 9.17) is 4.74 Å². The monoisotopic (exact) mass is 342 g/mol. The second kappa shape index (κ2) is 5.88. The molecule has 0 heterocycles. The van der Waals surface area contributed by atoms with Crippen LogP contribution in [-0.2, 0) is 6.61 Å². The summed E-state index contributed by atoms with van der Waals surface area (Å²) in [6.45, 7) is 2.01. The Kier molecular flexibility index (Phi) is 3.95. The first-order valence-corrected chi connectivity index (χ1v) is 7.54. The number of ether oxygens (including phenoxy) is 1. The number of hydrogen-bond acceptors (Lipinski definition) is 2. The number of rotatable bonds is 3. The number of benzene rings is 3. The van der Waals surface area contributed by atoms with Gasteiger partial charge in [-0.05, 0) is 63.0 Å². The Hall–Kier alpha value is -1.84. The minimum absolute atomic E-state index is 0.0474. The molecule has 0 saturated carbocycles. The van der Waals surface area contributed by atoms with Crippen molar-refractivity contribution >= 4 is 26.7 Å². The fourth-order valence-corrected chi connectivity index (χ4v) is 2.90. The van der Waals surface area contributed by atoms with Crippen molar-refractivity contribution in [1.82, 2.24) is 0 Å². The van der Waals surface area contributed by atoms with Crippen molar-refractivity contribution in [2.75, 3.05) is 0 Å². The van der Waals surface area contributed by atoms with E-state index in [1.807, 2.05) is 49.4 Å². The zero-order chi connectivity index (χ0) is 14.8. The first-order chi connectivity index (χ1) is 10.2. The smallest absolute Gasteiger partial charge is 0.142 e. The maximum Gasteiger partial charge on any atom is 0.142 e. The van der Waals surface area contributed by atoms with Gasteiger partial charge in [0.2, 0.25) is 0 Å². The highest BCUT2D eigenvalue weighted by atomic mass is 79.9. The third kappa shape index (κ3) is 2.80. The second-order valence-electron chi connectivity index (χ2n) is 4.95. The highest BCUT2D eigenvalue weighted by Crippen LogP contribution is 2.36. The molecule has 0 atom stereocenters. The Balaban J connectivity index is 1.98. The number of aryl methyl sites for hydroxylation is 1. The lowest BCUT2D eigenvalue weighted by Gasteiger charge is -2.11. The molecule has 2 nitrogen and oxygen atoms in total. The third-order valence-corrected chi connectivity index (χ3v) is 4.36. The number of aliphatic hydroxyl groups excluding tert-OH is 1. The largest absolute Gasteiger partial charge is 0.456 e. The summed E-state index contributed by atoms with van der Waals surface area (Å²) in [5.74, 6) is 1.55. The summed E-state index contributed by atoms with van der Waals surface area (Å²) in [6, 6.07) is 17.9. The van der Waals surface area contributed by atoms with Crippen LogP contribution < -0.4 is 4.74 Å². The topological polar surface area (TPSA) is 29.5 Å². The lowest BCUT2D eigenvalue weighted by Crippen LogP contribution is -1.91. The second-order valence-corrected chi connectivity index (χ2v) is 5.74. The van der Waals surface area contributed by atoms with Crippen LogP contribution in [0.2, 0.25) is 0 Å².